The Kier molecular flexibility index (Phi) is 4.51. The largest absolute Gasteiger partial charge is 0.491 e. The summed E-state index contributed by atoms with van der Waals surface area (Å²) in [5, 5.41) is 8.41. The van der Waals surface area contributed by atoms with Crippen LogP contribution >= 0.6 is 0 Å². The quantitative estimate of drug-likeness (QED) is 0.836. The lowest BCUT2D eigenvalue weighted by Gasteiger charge is -2.04. The zero-order valence-corrected chi connectivity index (χ0v) is 8.94. The number of hydrogen-bond acceptors (Lipinski definition) is 2. The summed E-state index contributed by atoms with van der Waals surface area (Å²) >= 11 is 0. The Morgan fingerprint density at radius 3 is 2.88 bits per heavy atom. The molecule has 0 spiro atoms. The van der Waals surface area contributed by atoms with E-state index in [1.165, 1.54) is 18.2 Å². The highest BCUT2D eigenvalue weighted by Gasteiger charge is 2.02. The smallest absolute Gasteiger partial charge is 0.307 e. The third kappa shape index (κ3) is 3.73. The minimum absolute atomic E-state index is 0.0746. The van der Waals surface area contributed by atoms with E-state index < -0.39 is 11.8 Å². The topological polar surface area (TPSA) is 46.5 Å². The number of aliphatic carboxylic acids is 1. The number of hydrogen-bond donors (Lipinski definition) is 1. The average molecular weight is 224 g/mol. The second-order valence-corrected chi connectivity index (χ2v) is 3.12. The molecule has 1 N–H and O–H groups in total. The molecule has 0 saturated carbocycles. The number of carbonyl (C=O) groups is 1. The third-order valence-corrected chi connectivity index (χ3v) is 1.86. The Morgan fingerprint density at radius 1 is 1.56 bits per heavy atom. The standard InChI is InChI=1S/C12H13FO3/c1-2-16-11-7-6-9(8-10(11)13)4-3-5-12(14)15/h3-4,6-8H,2,5H2,1H3,(H,14,15)/b4-3+. The predicted octanol–water partition coefficient (Wildman–Crippen LogP) is 2.71. The van der Waals surface area contributed by atoms with Crippen LogP contribution in [0.4, 0.5) is 4.39 Å². The Hall–Kier alpha value is -1.84. The van der Waals surface area contributed by atoms with Crippen molar-refractivity contribution < 1.29 is 19.0 Å². The predicted molar refractivity (Wildman–Crippen MR) is 58.9 cm³/mol. The van der Waals surface area contributed by atoms with E-state index in [2.05, 4.69) is 0 Å². The average Bonchev–Trinajstić information content (AvgIpc) is 2.21. The summed E-state index contributed by atoms with van der Waals surface area (Å²) in [6.45, 7) is 2.19. The highest BCUT2D eigenvalue weighted by molar-refractivity contribution is 5.70. The van der Waals surface area contributed by atoms with Crippen LogP contribution in [0.15, 0.2) is 24.3 Å². The summed E-state index contributed by atoms with van der Waals surface area (Å²) in [5.41, 5.74) is 0.613. The minimum Gasteiger partial charge on any atom is -0.491 e. The van der Waals surface area contributed by atoms with Crippen molar-refractivity contribution in [3.63, 3.8) is 0 Å². The van der Waals surface area contributed by atoms with Crippen molar-refractivity contribution in [2.24, 2.45) is 0 Å². The normalized spacial score (nSPS) is 10.6. The number of carboxylic acids is 1. The Morgan fingerprint density at radius 2 is 2.31 bits per heavy atom. The van der Waals surface area contributed by atoms with Crippen LogP contribution in [-0.4, -0.2) is 17.7 Å². The molecule has 1 rings (SSSR count). The first-order valence-electron chi connectivity index (χ1n) is 4.94. The van der Waals surface area contributed by atoms with Crippen molar-refractivity contribution in [1.82, 2.24) is 0 Å². The third-order valence-electron chi connectivity index (χ3n) is 1.86. The second kappa shape index (κ2) is 5.90. The first-order valence-corrected chi connectivity index (χ1v) is 4.94. The maximum Gasteiger partial charge on any atom is 0.307 e. The van der Waals surface area contributed by atoms with Gasteiger partial charge >= 0.3 is 5.97 Å². The summed E-state index contributed by atoms with van der Waals surface area (Å²) in [5.74, 6) is -1.15. The van der Waals surface area contributed by atoms with Crippen molar-refractivity contribution >= 4 is 12.0 Å². The molecule has 0 aromatic heterocycles. The molecule has 0 unspecified atom stereocenters. The molecule has 1 aromatic carbocycles. The van der Waals surface area contributed by atoms with Crippen LogP contribution in [-0.2, 0) is 4.79 Å². The van der Waals surface area contributed by atoms with Crippen LogP contribution in [0.2, 0.25) is 0 Å². The van der Waals surface area contributed by atoms with Crippen LogP contribution in [0, 0.1) is 5.82 Å². The van der Waals surface area contributed by atoms with Gasteiger partial charge in [0.2, 0.25) is 0 Å². The highest BCUT2D eigenvalue weighted by atomic mass is 19.1. The monoisotopic (exact) mass is 224 g/mol. The van der Waals surface area contributed by atoms with Crippen LogP contribution in [0.1, 0.15) is 18.9 Å². The van der Waals surface area contributed by atoms with Gasteiger partial charge in [-0.1, -0.05) is 18.2 Å². The van der Waals surface area contributed by atoms with Gasteiger partial charge < -0.3 is 9.84 Å². The molecular formula is C12H13FO3. The molecular weight excluding hydrogens is 211 g/mol. The molecule has 0 bridgehead atoms. The fourth-order valence-electron chi connectivity index (χ4n) is 1.19. The van der Waals surface area contributed by atoms with Crippen molar-refractivity contribution in [3.05, 3.63) is 35.7 Å². The number of carboxylic acid groups (broad SMARTS) is 1. The molecule has 0 saturated heterocycles. The first kappa shape index (κ1) is 12.2. The molecule has 0 aliphatic heterocycles. The fourth-order valence-corrected chi connectivity index (χ4v) is 1.19. The molecule has 0 heterocycles. The number of halogens is 1. The van der Waals surface area contributed by atoms with E-state index in [0.717, 1.165) is 0 Å². The van der Waals surface area contributed by atoms with E-state index >= 15 is 0 Å². The molecule has 0 amide bonds. The van der Waals surface area contributed by atoms with Gasteiger partial charge in [0.1, 0.15) is 0 Å². The molecule has 1 aromatic rings. The highest BCUT2D eigenvalue weighted by Crippen LogP contribution is 2.19. The van der Waals surface area contributed by atoms with Gasteiger partial charge in [-0.2, -0.15) is 0 Å². The van der Waals surface area contributed by atoms with E-state index in [1.807, 2.05) is 0 Å². The lowest BCUT2D eigenvalue weighted by Crippen LogP contribution is -1.94. The van der Waals surface area contributed by atoms with Crippen molar-refractivity contribution in [2.45, 2.75) is 13.3 Å². The van der Waals surface area contributed by atoms with Gasteiger partial charge in [-0.25, -0.2) is 4.39 Å². The van der Waals surface area contributed by atoms with E-state index in [-0.39, 0.29) is 12.2 Å². The maximum atomic E-state index is 13.3. The van der Waals surface area contributed by atoms with Gasteiger partial charge in [0, 0.05) is 0 Å². The van der Waals surface area contributed by atoms with Crippen molar-refractivity contribution in [3.8, 4) is 5.75 Å². The van der Waals surface area contributed by atoms with Gasteiger partial charge in [-0.05, 0) is 24.6 Å². The molecule has 3 nitrogen and oxygen atoms in total. The van der Waals surface area contributed by atoms with Gasteiger partial charge in [0.15, 0.2) is 11.6 Å². The van der Waals surface area contributed by atoms with E-state index in [1.54, 1.807) is 19.1 Å². The van der Waals surface area contributed by atoms with E-state index in [9.17, 15) is 9.18 Å². The number of benzene rings is 1. The Bertz CT molecular complexity index is 399. The van der Waals surface area contributed by atoms with Crippen LogP contribution in [0.5, 0.6) is 5.75 Å². The summed E-state index contributed by atoms with van der Waals surface area (Å²) in [6.07, 6.45) is 2.96. The van der Waals surface area contributed by atoms with Crippen LogP contribution in [0.25, 0.3) is 6.08 Å². The lowest BCUT2D eigenvalue weighted by atomic mass is 10.2. The molecule has 16 heavy (non-hydrogen) atoms. The zero-order chi connectivity index (χ0) is 12.0. The van der Waals surface area contributed by atoms with Gasteiger partial charge in [-0.3, -0.25) is 4.79 Å². The SMILES string of the molecule is CCOc1ccc(/C=C/CC(=O)O)cc1F. The molecule has 86 valence electrons. The van der Waals surface area contributed by atoms with Gasteiger partial charge in [0.05, 0.1) is 13.0 Å². The molecule has 0 radical (unpaired) electrons. The maximum absolute atomic E-state index is 13.3. The molecule has 0 aliphatic rings. The molecule has 0 atom stereocenters. The van der Waals surface area contributed by atoms with E-state index in [0.29, 0.717) is 12.2 Å². The van der Waals surface area contributed by atoms with Crippen molar-refractivity contribution in [2.75, 3.05) is 6.61 Å². The summed E-state index contributed by atoms with van der Waals surface area (Å²) in [6, 6.07) is 4.51. The summed E-state index contributed by atoms with van der Waals surface area (Å²) in [7, 11) is 0. The lowest BCUT2D eigenvalue weighted by molar-refractivity contribution is -0.135. The van der Waals surface area contributed by atoms with Gasteiger partial charge in [-0.15, -0.1) is 0 Å². The van der Waals surface area contributed by atoms with Gasteiger partial charge in [0.25, 0.3) is 0 Å². The van der Waals surface area contributed by atoms with Crippen molar-refractivity contribution in [1.29, 1.82) is 0 Å². The first-order chi connectivity index (χ1) is 7.63. The van der Waals surface area contributed by atoms with Crippen LogP contribution in [0.3, 0.4) is 0 Å². The Balaban J connectivity index is 2.73. The fraction of sp³-hybridized carbons (Fsp3) is 0.250. The zero-order valence-electron chi connectivity index (χ0n) is 8.94. The Labute approximate surface area is 93.2 Å². The summed E-state index contributed by atoms with van der Waals surface area (Å²) in [4.78, 5) is 10.3. The van der Waals surface area contributed by atoms with Crippen LogP contribution < -0.4 is 4.74 Å². The number of ether oxygens (including phenoxy) is 1. The van der Waals surface area contributed by atoms with E-state index in [4.69, 9.17) is 9.84 Å². The summed E-state index contributed by atoms with van der Waals surface area (Å²) < 4.78 is 18.4. The number of rotatable bonds is 5. The molecule has 0 aliphatic carbocycles. The molecule has 4 heteroatoms. The molecule has 0 fully saturated rings. The minimum atomic E-state index is -0.914. The second-order valence-electron chi connectivity index (χ2n) is 3.12.